The van der Waals surface area contributed by atoms with E-state index in [0.29, 0.717) is 0 Å². The summed E-state index contributed by atoms with van der Waals surface area (Å²) in [5.74, 6) is 0. The van der Waals surface area contributed by atoms with Crippen LogP contribution in [0, 0.1) is 5.41 Å². The predicted octanol–water partition coefficient (Wildman–Crippen LogP) is 1.99. The first kappa shape index (κ1) is 11.0. The van der Waals surface area contributed by atoms with Gasteiger partial charge in [-0.2, -0.15) is 15.3 Å². The molecule has 4 heteroatoms. The second-order valence-electron chi connectivity index (χ2n) is 5.57. The third-order valence-corrected chi connectivity index (χ3v) is 1.96. The lowest BCUT2D eigenvalue weighted by atomic mass is 9.91. The van der Waals surface area contributed by atoms with Crippen LogP contribution in [0.1, 0.15) is 41.5 Å². The van der Waals surface area contributed by atoms with Gasteiger partial charge in [0.15, 0.2) is 0 Å². The summed E-state index contributed by atoms with van der Waals surface area (Å²) < 4.78 is 0. The monoisotopic (exact) mass is 196 g/mol. The number of hydrazone groups is 2. The maximum absolute atomic E-state index is 4.32. The highest BCUT2D eigenvalue weighted by Gasteiger charge is 2.25. The van der Waals surface area contributed by atoms with Crippen LogP contribution in [0.3, 0.4) is 0 Å². The first-order chi connectivity index (χ1) is 6.21. The second-order valence-corrected chi connectivity index (χ2v) is 5.57. The van der Waals surface area contributed by atoms with Crippen molar-refractivity contribution in [2.24, 2.45) is 15.6 Å². The Kier molecular flexibility index (Phi) is 2.56. The first-order valence-corrected chi connectivity index (χ1v) is 4.89. The fourth-order valence-corrected chi connectivity index (χ4v) is 0.953. The highest BCUT2D eigenvalue weighted by atomic mass is 15.8. The summed E-state index contributed by atoms with van der Waals surface area (Å²) >= 11 is 0. The molecule has 4 nitrogen and oxygen atoms in total. The zero-order valence-corrected chi connectivity index (χ0v) is 9.92. The molecule has 0 atom stereocenters. The zero-order valence-electron chi connectivity index (χ0n) is 9.92. The van der Waals surface area contributed by atoms with Crippen molar-refractivity contribution >= 4 is 11.9 Å². The lowest BCUT2D eigenvalue weighted by molar-refractivity contribution is 0.0769. The molecule has 0 aromatic rings. The molecule has 0 spiro atoms. The molecule has 0 aliphatic carbocycles. The molecule has 0 radical (unpaired) electrons. The first-order valence-electron chi connectivity index (χ1n) is 4.89. The molecule has 0 saturated heterocycles. The van der Waals surface area contributed by atoms with Gasteiger partial charge < -0.3 is 0 Å². The summed E-state index contributed by atoms with van der Waals surface area (Å²) in [5.41, 5.74) is 3.90. The molecule has 80 valence electrons. The number of hydrazine groups is 1. The molecular formula is C10H20N4. The number of nitrogens with one attached hydrogen (secondary N) is 1. The minimum Gasteiger partial charge on any atom is -0.202 e. The lowest BCUT2D eigenvalue weighted by Gasteiger charge is -2.34. The van der Waals surface area contributed by atoms with Crippen LogP contribution in [0.15, 0.2) is 10.2 Å². The number of rotatable bonds is 0. The molecule has 0 aromatic carbocycles. The minimum absolute atomic E-state index is 0.0421. The fraction of sp³-hybridized carbons (Fsp3) is 0.800. The van der Waals surface area contributed by atoms with Crippen LogP contribution in [-0.4, -0.2) is 22.6 Å². The van der Waals surface area contributed by atoms with Crippen molar-refractivity contribution in [3.63, 3.8) is 0 Å². The average Bonchev–Trinajstić information content (AvgIpc) is 2.01. The van der Waals surface area contributed by atoms with Gasteiger partial charge in [-0.25, -0.2) is 5.53 Å². The average molecular weight is 196 g/mol. The van der Waals surface area contributed by atoms with Crippen LogP contribution in [-0.2, 0) is 0 Å². The highest BCUT2D eigenvalue weighted by molar-refractivity contribution is 6.32. The summed E-state index contributed by atoms with van der Waals surface area (Å²) in [5, 5.41) is 10.4. The summed E-state index contributed by atoms with van der Waals surface area (Å²) in [7, 11) is 0. The van der Waals surface area contributed by atoms with E-state index in [9.17, 15) is 0 Å². The normalized spacial score (nSPS) is 17.9. The van der Waals surface area contributed by atoms with Crippen LogP contribution in [0.5, 0.6) is 0 Å². The van der Waals surface area contributed by atoms with Gasteiger partial charge in [0.05, 0.1) is 17.5 Å². The summed E-state index contributed by atoms with van der Waals surface area (Å²) in [4.78, 5) is 0. The number of hydrogen-bond acceptors (Lipinski definition) is 4. The summed E-state index contributed by atoms with van der Waals surface area (Å²) in [6.45, 7) is 12.6. The Morgan fingerprint density at radius 2 is 1.71 bits per heavy atom. The Bertz CT molecular complexity index is 265. The maximum atomic E-state index is 4.32. The van der Waals surface area contributed by atoms with Crippen LogP contribution in [0.25, 0.3) is 0 Å². The SMILES string of the molecule is CC(C)(C)C1=NNN(C(C)(C)C)N=C1. The smallest absolute Gasteiger partial charge is 0.0877 e. The van der Waals surface area contributed by atoms with Gasteiger partial charge >= 0.3 is 0 Å². The maximum Gasteiger partial charge on any atom is 0.0877 e. The zero-order chi connectivity index (χ0) is 11.0. The third-order valence-electron chi connectivity index (χ3n) is 1.96. The summed E-state index contributed by atoms with van der Waals surface area (Å²) in [6, 6.07) is 0. The molecular weight excluding hydrogens is 176 g/mol. The van der Waals surface area contributed by atoms with Crippen molar-refractivity contribution in [2.45, 2.75) is 47.1 Å². The van der Waals surface area contributed by atoms with Crippen LogP contribution < -0.4 is 5.53 Å². The van der Waals surface area contributed by atoms with Crippen molar-refractivity contribution in [1.82, 2.24) is 10.7 Å². The van der Waals surface area contributed by atoms with E-state index in [1.165, 1.54) is 0 Å². The third kappa shape index (κ3) is 2.47. The molecule has 1 rings (SSSR count). The molecule has 1 N–H and O–H groups in total. The van der Waals surface area contributed by atoms with Gasteiger partial charge in [-0.3, -0.25) is 0 Å². The minimum atomic E-state index is -0.0522. The Morgan fingerprint density at radius 1 is 1.14 bits per heavy atom. The van der Waals surface area contributed by atoms with Gasteiger partial charge in [-0.05, 0) is 20.8 Å². The van der Waals surface area contributed by atoms with Gasteiger partial charge in [0, 0.05) is 5.41 Å². The van der Waals surface area contributed by atoms with E-state index >= 15 is 0 Å². The lowest BCUT2D eigenvalue weighted by Crippen LogP contribution is -2.48. The Labute approximate surface area is 86.0 Å². The molecule has 0 fully saturated rings. The molecule has 0 unspecified atom stereocenters. The van der Waals surface area contributed by atoms with E-state index in [2.05, 4.69) is 57.3 Å². The molecule has 1 aliphatic heterocycles. The Hall–Kier alpha value is -1.06. The standard InChI is InChI=1S/C10H20N4/c1-9(2,3)8-7-11-14(13-12-8)10(4,5)6/h7,13H,1-6H3. The van der Waals surface area contributed by atoms with Gasteiger partial charge in [-0.15, -0.1) is 0 Å². The molecule has 1 heterocycles. The molecule has 0 saturated carbocycles. The van der Waals surface area contributed by atoms with Crippen molar-refractivity contribution < 1.29 is 0 Å². The van der Waals surface area contributed by atoms with E-state index in [0.717, 1.165) is 5.71 Å². The number of hydrogen-bond donors (Lipinski definition) is 1. The fourth-order valence-electron chi connectivity index (χ4n) is 0.953. The Balaban J connectivity index is 2.72. The molecule has 14 heavy (non-hydrogen) atoms. The molecule has 0 bridgehead atoms. The molecule has 0 amide bonds. The van der Waals surface area contributed by atoms with Crippen molar-refractivity contribution in [2.75, 3.05) is 0 Å². The van der Waals surface area contributed by atoms with Crippen molar-refractivity contribution in [1.29, 1.82) is 0 Å². The van der Waals surface area contributed by atoms with Gasteiger partial charge in [-0.1, -0.05) is 20.8 Å². The van der Waals surface area contributed by atoms with E-state index in [4.69, 9.17) is 0 Å². The van der Waals surface area contributed by atoms with E-state index in [1.54, 1.807) is 5.12 Å². The van der Waals surface area contributed by atoms with E-state index in [1.807, 2.05) is 6.21 Å². The molecule has 1 aliphatic rings. The predicted molar refractivity (Wildman–Crippen MR) is 60.1 cm³/mol. The van der Waals surface area contributed by atoms with Gasteiger partial charge in [0.2, 0.25) is 0 Å². The second kappa shape index (κ2) is 3.26. The van der Waals surface area contributed by atoms with E-state index < -0.39 is 0 Å². The molecule has 0 aromatic heterocycles. The summed E-state index contributed by atoms with van der Waals surface area (Å²) in [6.07, 6.45) is 1.82. The Morgan fingerprint density at radius 3 is 2.00 bits per heavy atom. The van der Waals surface area contributed by atoms with Crippen LogP contribution in [0.2, 0.25) is 0 Å². The topological polar surface area (TPSA) is 40.0 Å². The van der Waals surface area contributed by atoms with Gasteiger partial charge in [0.25, 0.3) is 0 Å². The van der Waals surface area contributed by atoms with E-state index in [-0.39, 0.29) is 11.0 Å². The quantitative estimate of drug-likeness (QED) is 0.643. The van der Waals surface area contributed by atoms with Gasteiger partial charge in [0.1, 0.15) is 0 Å². The largest absolute Gasteiger partial charge is 0.202 e. The van der Waals surface area contributed by atoms with Crippen molar-refractivity contribution in [3.05, 3.63) is 0 Å². The highest BCUT2D eigenvalue weighted by Crippen LogP contribution is 2.18. The van der Waals surface area contributed by atoms with Crippen molar-refractivity contribution in [3.8, 4) is 0 Å². The van der Waals surface area contributed by atoms with Crippen LogP contribution >= 0.6 is 0 Å². The number of nitrogens with zero attached hydrogens (tertiary/aromatic N) is 3. The van der Waals surface area contributed by atoms with Crippen LogP contribution in [0.4, 0.5) is 0 Å².